The normalized spacial score (nSPS) is 13.6. The van der Waals surface area contributed by atoms with Crippen LogP contribution >= 0.6 is 11.3 Å². The van der Waals surface area contributed by atoms with Crippen LogP contribution in [-0.2, 0) is 6.54 Å². The minimum absolute atomic E-state index is 0.0123. The molecule has 3 N–H and O–H groups in total. The van der Waals surface area contributed by atoms with Crippen molar-refractivity contribution in [2.45, 2.75) is 39.8 Å². The fourth-order valence-electron chi connectivity index (χ4n) is 1.85. The van der Waals surface area contributed by atoms with Gasteiger partial charge in [-0.05, 0) is 32.5 Å². The third kappa shape index (κ3) is 5.19. The standard InChI is InChI=1S/C14H26N4OS/c1-14(2,3)11(6-7-18(4)5)17-13(19)10-9-20-12(8-15)16-10/h9,11H,6-8,15H2,1-5H3,(H,17,19). The fourth-order valence-corrected chi connectivity index (χ4v) is 2.50. The number of aromatic nitrogens is 1. The number of thiazole rings is 1. The number of amides is 1. The van der Waals surface area contributed by atoms with Crippen LogP contribution in [0.4, 0.5) is 0 Å². The summed E-state index contributed by atoms with van der Waals surface area (Å²) in [6, 6.07) is 0.112. The van der Waals surface area contributed by atoms with Crippen molar-refractivity contribution >= 4 is 17.2 Å². The van der Waals surface area contributed by atoms with E-state index >= 15 is 0 Å². The molecule has 1 aromatic rings. The number of carbonyl (C=O) groups is 1. The van der Waals surface area contributed by atoms with Gasteiger partial charge in [-0.2, -0.15) is 0 Å². The topological polar surface area (TPSA) is 71.2 Å². The van der Waals surface area contributed by atoms with Gasteiger partial charge in [-0.25, -0.2) is 4.98 Å². The molecule has 0 radical (unpaired) electrons. The Kier molecular flexibility index (Phi) is 6.10. The number of hydrogen-bond donors (Lipinski definition) is 2. The molecule has 1 aromatic heterocycles. The van der Waals surface area contributed by atoms with Crippen molar-refractivity contribution in [1.29, 1.82) is 0 Å². The largest absolute Gasteiger partial charge is 0.347 e. The van der Waals surface area contributed by atoms with Gasteiger partial charge in [0.25, 0.3) is 5.91 Å². The van der Waals surface area contributed by atoms with Crippen LogP contribution in [0.3, 0.4) is 0 Å². The van der Waals surface area contributed by atoms with E-state index in [0.29, 0.717) is 12.2 Å². The van der Waals surface area contributed by atoms with E-state index in [9.17, 15) is 4.79 Å². The van der Waals surface area contributed by atoms with Crippen molar-refractivity contribution < 1.29 is 4.79 Å². The maximum Gasteiger partial charge on any atom is 0.270 e. The van der Waals surface area contributed by atoms with Gasteiger partial charge in [0.15, 0.2) is 0 Å². The minimum Gasteiger partial charge on any atom is -0.347 e. The number of nitrogens with one attached hydrogen (secondary N) is 1. The molecule has 0 aliphatic carbocycles. The fraction of sp³-hybridized carbons (Fsp3) is 0.714. The first-order valence-corrected chi connectivity index (χ1v) is 7.72. The van der Waals surface area contributed by atoms with Crippen LogP contribution in [-0.4, -0.2) is 42.5 Å². The Hall–Kier alpha value is -0.980. The highest BCUT2D eigenvalue weighted by atomic mass is 32.1. The molecule has 1 rings (SSSR count). The highest BCUT2D eigenvalue weighted by Crippen LogP contribution is 2.22. The summed E-state index contributed by atoms with van der Waals surface area (Å²) in [5, 5.41) is 5.66. The number of hydrogen-bond acceptors (Lipinski definition) is 5. The molecule has 0 spiro atoms. The van der Waals surface area contributed by atoms with E-state index in [4.69, 9.17) is 5.73 Å². The molecule has 20 heavy (non-hydrogen) atoms. The Morgan fingerprint density at radius 3 is 2.60 bits per heavy atom. The van der Waals surface area contributed by atoms with Crippen LogP contribution < -0.4 is 11.1 Å². The molecule has 1 unspecified atom stereocenters. The third-order valence-corrected chi connectivity index (χ3v) is 4.05. The molecular formula is C14H26N4OS. The molecule has 0 fully saturated rings. The Morgan fingerprint density at radius 1 is 1.50 bits per heavy atom. The summed E-state index contributed by atoms with van der Waals surface area (Å²) >= 11 is 1.43. The van der Waals surface area contributed by atoms with E-state index in [1.807, 2.05) is 14.1 Å². The molecule has 5 nitrogen and oxygen atoms in total. The molecular weight excluding hydrogens is 272 g/mol. The Bertz CT molecular complexity index is 437. The first-order chi connectivity index (χ1) is 9.24. The highest BCUT2D eigenvalue weighted by molar-refractivity contribution is 7.09. The number of nitrogens with two attached hydrogens (primary N) is 1. The Morgan fingerprint density at radius 2 is 2.15 bits per heavy atom. The zero-order chi connectivity index (χ0) is 15.3. The van der Waals surface area contributed by atoms with Crippen LogP contribution in [0, 0.1) is 5.41 Å². The predicted octanol–water partition coefficient (Wildman–Crippen LogP) is 1.70. The Balaban J connectivity index is 2.71. The van der Waals surface area contributed by atoms with Gasteiger partial charge < -0.3 is 16.0 Å². The van der Waals surface area contributed by atoms with Crippen LogP contribution in [0.2, 0.25) is 0 Å². The van der Waals surface area contributed by atoms with Crippen molar-refractivity contribution in [2.24, 2.45) is 11.1 Å². The number of nitrogens with zero attached hydrogens (tertiary/aromatic N) is 2. The van der Waals surface area contributed by atoms with Crippen molar-refractivity contribution in [3.05, 3.63) is 16.1 Å². The zero-order valence-corrected chi connectivity index (χ0v) is 13.9. The zero-order valence-electron chi connectivity index (χ0n) is 13.1. The van der Waals surface area contributed by atoms with Crippen LogP contribution in [0.5, 0.6) is 0 Å². The van der Waals surface area contributed by atoms with Gasteiger partial charge in [0.2, 0.25) is 0 Å². The third-order valence-electron chi connectivity index (χ3n) is 3.17. The van der Waals surface area contributed by atoms with Gasteiger partial charge >= 0.3 is 0 Å². The first kappa shape index (κ1) is 17.1. The van der Waals surface area contributed by atoms with Gasteiger partial charge in [0.1, 0.15) is 10.7 Å². The van der Waals surface area contributed by atoms with Crippen molar-refractivity contribution in [3.63, 3.8) is 0 Å². The quantitative estimate of drug-likeness (QED) is 0.838. The maximum atomic E-state index is 12.3. The molecule has 114 valence electrons. The van der Waals surface area contributed by atoms with Gasteiger partial charge in [-0.15, -0.1) is 11.3 Å². The van der Waals surface area contributed by atoms with Gasteiger partial charge in [-0.1, -0.05) is 20.8 Å². The average Bonchev–Trinajstić information content (AvgIpc) is 2.81. The van der Waals surface area contributed by atoms with E-state index in [-0.39, 0.29) is 17.4 Å². The van der Waals surface area contributed by atoms with E-state index < -0.39 is 0 Å². The minimum atomic E-state index is -0.111. The lowest BCUT2D eigenvalue weighted by molar-refractivity contribution is 0.0888. The summed E-state index contributed by atoms with van der Waals surface area (Å²) in [5.74, 6) is -0.111. The van der Waals surface area contributed by atoms with E-state index in [1.165, 1.54) is 11.3 Å². The van der Waals surface area contributed by atoms with Crippen LogP contribution in [0.15, 0.2) is 5.38 Å². The molecule has 1 atom stereocenters. The second kappa shape index (κ2) is 7.15. The van der Waals surface area contributed by atoms with E-state index in [1.54, 1.807) is 5.38 Å². The van der Waals surface area contributed by atoms with Gasteiger partial charge in [0.05, 0.1) is 0 Å². The molecule has 0 aliphatic rings. The molecule has 0 saturated carbocycles. The molecule has 6 heteroatoms. The maximum absolute atomic E-state index is 12.3. The summed E-state index contributed by atoms with van der Waals surface area (Å²) < 4.78 is 0. The summed E-state index contributed by atoms with van der Waals surface area (Å²) in [4.78, 5) is 18.6. The lowest BCUT2D eigenvalue weighted by Gasteiger charge is -2.32. The molecule has 1 heterocycles. The summed E-state index contributed by atoms with van der Waals surface area (Å²) in [7, 11) is 4.07. The summed E-state index contributed by atoms with van der Waals surface area (Å²) in [6.07, 6.45) is 0.913. The predicted molar refractivity (Wildman–Crippen MR) is 83.9 cm³/mol. The Labute approximate surface area is 125 Å². The SMILES string of the molecule is CN(C)CCC(NC(=O)c1csc(CN)n1)C(C)(C)C. The number of rotatable bonds is 6. The van der Waals surface area contributed by atoms with Crippen molar-refractivity contribution in [3.8, 4) is 0 Å². The monoisotopic (exact) mass is 298 g/mol. The van der Waals surface area contributed by atoms with Crippen LogP contribution in [0.25, 0.3) is 0 Å². The number of carbonyl (C=O) groups excluding carboxylic acids is 1. The smallest absolute Gasteiger partial charge is 0.270 e. The molecule has 1 amide bonds. The van der Waals surface area contributed by atoms with Crippen molar-refractivity contribution in [2.75, 3.05) is 20.6 Å². The second-order valence-corrected chi connectivity index (χ2v) is 7.26. The average molecular weight is 298 g/mol. The van der Waals surface area contributed by atoms with Crippen LogP contribution in [0.1, 0.15) is 42.7 Å². The second-order valence-electron chi connectivity index (χ2n) is 6.31. The summed E-state index contributed by atoms with van der Waals surface area (Å²) in [6.45, 7) is 7.73. The lowest BCUT2D eigenvalue weighted by atomic mass is 9.84. The van der Waals surface area contributed by atoms with E-state index in [2.05, 4.69) is 36.0 Å². The molecule has 0 bridgehead atoms. The van der Waals surface area contributed by atoms with Gasteiger partial charge in [-0.3, -0.25) is 4.79 Å². The van der Waals surface area contributed by atoms with E-state index in [0.717, 1.165) is 18.0 Å². The first-order valence-electron chi connectivity index (χ1n) is 6.84. The molecule has 0 aromatic carbocycles. The summed E-state index contributed by atoms with van der Waals surface area (Å²) in [5.41, 5.74) is 6.00. The molecule has 0 aliphatic heterocycles. The van der Waals surface area contributed by atoms with Crippen molar-refractivity contribution in [1.82, 2.24) is 15.2 Å². The van der Waals surface area contributed by atoms with Gasteiger partial charge in [0, 0.05) is 18.0 Å². The highest BCUT2D eigenvalue weighted by Gasteiger charge is 2.27. The lowest BCUT2D eigenvalue weighted by Crippen LogP contribution is -2.45. The molecule has 0 saturated heterocycles.